The summed E-state index contributed by atoms with van der Waals surface area (Å²) >= 11 is 0. The van der Waals surface area contributed by atoms with Crippen LogP contribution in [0.3, 0.4) is 0 Å². The van der Waals surface area contributed by atoms with Gasteiger partial charge in [0, 0.05) is 12.4 Å². The number of hydrogen-bond acceptors (Lipinski definition) is 2. The van der Waals surface area contributed by atoms with Gasteiger partial charge >= 0.3 is 0 Å². The van der Waals surface area contributed by atoms with Crippen LogP contribution in [0.2, 0.25) is 0 Å². The van der Waals surface area contributed by atoms with Crippen molar-refractivity contribution in [3.8, 4) is 0 Å². The van der Waals surface area contributed by atoms with Crippen molar-refractivity contribution < 1.29 is 9.69 Å². The highest BCUT2D eigenvalue weighted by Gasteiger charge is 2.22. The molecule has 3 rings (SSSR count). The van der Waals surface area contributed by atoms with Crippen LogP contribution in [0.15, 0.2) is 54.9 Å². The fraction of sp³-hybridized carbons (Fsp3) is 0.368. The summed E-state index contributed by atoms with van der Waals surface area (Å²) in [5.74, 6) is 0.743. The molecule has 1 amide bonds. The average Bonchev–Trinajstić information content (AvgIpc) is 2.62. The first kappa shape index (κ1) is 15.7. The van der Waals surface area contributed by atoms with Gasteiger partial charge in [-0.25, -0.2) is 0 Å². The summed E-state index contributed by atoms with van der Waals surface area (Å²) in [4.78, 5) is 17.5. The Bertz CT molecular complexity index is 607. The van der Waals surface area contributed by atoms with Gasteiger partial charge in [0.25, 0.3) is 5.91 Å². The first-order valence-electron chi connectivity index (χ1n) is 8.37. The molecule has 2 aromatic rings. The van der Waals surface area contributed by atoms with Gasteiger partial charge in [0.05, 0.1) is 18.7 Å². The number of nitrogens with zero attached hydrogens (tertiary/aromatic N) is 1. The molecule has 1 aromatic heterocycles. The van der Waals surface area contributed by atoms with Crippen LogP contribution in [0.25, 0.3) is 0 Å². The summed E-state index contributed by atoms with van der Waals surface area (Å²) in [6.45, 7) is 2.96. The van der Waals surface area contributed by atoms with E-state index in [-0.39, 0.29) is 5.91 Å². The molecule has 1 aliphatic rings. The molecule has 1 aliphatic heterocycles. The first-order valence-corrected chi connectivity index (χ1v) is 8.37. The van der Waals surface area contributed by atoms with Crippen molar-refractivity contribution in [3.05, 3.63) is 66.0 Å². The minimum Gasteiger partial charge on any atom is -0.318 e. The monoisotopic (exact) mass is 310 g/mol. The Kier molecular flexibility index (Phi) is 5.37. The predicted octanol–water partition coefficient (Wildman–Crippen LogP) is 1.31. The molecule has 2 N–H and O–H groups in total. The maximum Gasteiger partial charge on any atom is 0.257 e. The number of piperidine rings is 1. The quantitative estimate of drug-likeness (QED) is 0.875. The standard InChI is InChI=1S/C19H23N3O/c23-19(18-7-4-10-20-14-18)21-15-22-11-8-17(9-12-22)13-16-5-2-1-3-6-16/h1-7,10,14,17H,8-9,11-13,15H2,(H,21,23)/p+1. The van der Waals surface area contributed by atoms with Gasteiger partial charge in [0.15, 0.2) is 6.67 Å². The minimum absolute atomic E-state index is 0.0305. The minimum atomic E-state index is -0.0305. The summed E-state index contributed by atoms with van der Waals surface area (Å²) < 4.78 is 0. The van der Waals surface area contributed by atoms with Crippen molar-refractivity contribution in [1.29, 1.82) is 0 Å². The molecule has 0 atom stereocenters. The van der Waals surface area contributed by atoms with Crippen molar-refractivity contribution in [3.63, 3.8) is 0 Å². The van der Waals surface area contributed by atoms with Crippen LogP contribution in [0.1, 0.15) is 28.8 Å². The fourth-order valence-electron chi connectivity index (χ4n) is 3.22. The van der Waals surface area contributed by atoms with Gasteiger partial charge in [-0.3, -0.25) is 9.78 Å². The molecule has 1 fully saturated rings. The van der Waals surface area contributed by atoms with Crippen LogP contribution in [-0.2, 0) is 6.42 Å². The molecule has 1 saturated heterocycles. The van der Waals surface area contributed by atoms with Crippen molar-refractivity contribution >= 4 is 5.91 Å². The molecule has 0 saturated carbocycles. The van der Waals surface area contributed by atoms with Crippen molar-refractivity contribution in [2.45, 2.75) is 19.3 Å². The summed E-state index contributed by atoms with van der Waals surface area (Å²) in [5, 5.41) is 3.02. The van der Waals surface area contributed by atoms with E-state index in [1.165, 1.54) is 29.7 Å². The summed E-state index contributed by atoms with van der Waals surface area (Å²) in [6.07, 6.45) is 6.92. The zero-order chi connectivity index (χ0) is 15.9. The third-order valence-corrected chi connectivity index (χ3v) is 4.60. The van der Waals surface area contributed by atoms with E-state index in [2.05, 4.69) is 40.6 Å². The second kappa shape index (κ2) is 7.88. The highest BCUT2D eigenvalue weighted by molar-refractivity contribution is 5.93. The number of quaternary nitrogens is 1. The summed E-state index contributed by atoms with van der Waals surface area (Å²) in [5.41, 5.74) is 2.07. The molecule has 23 heavy (non-hydrogen) atoms. The Hall–Kier alpha value is -2.20. The highest BCUT2D eigenvalue weighted by Crippen LogP contribution is 2.16. The van der Waals surface area contributed by atoms with Crippen LogP contribution in [0.5, 0.6) is 0 Å². The van der Waals surface area contributed by atoms with E-state index in [1.54, 1.807) is 24.5 Å². The maximum atomic E-state index is 12.0. The number of rotatable bonds is 5. The normalized spacial score (nSPS) is 20.9. The van der Waals surface area contributed by atoms with Gasteiger partial charge in [0.2, 0.25) is 0 Å². The van der Waals surface area contributed by atoms with Gasteiger partial charge in [-0.15, -0.1) is 0 Å². The van der Waals surface area contributed by atoms with E-state index in [1.807, 2.05) is 0 Å². The summed E-state index contributed by atoms with van der Waals surface area (Å²) in [7, 11) is 0. The topological polar surface area (TPSA) is 46.4 Å². The molecule has 120 valence electrons. The van der Waals surface area contributed by atoms with E-state index >= 15 is 0 Å². The number of aromatic nitrogens is 1. The zero-order valence-electron chi connectivity index (χ0n) is 13.4. The Morgan fingerprint density at radius 3 is 2.61 bits per heavy atom. The maximum absolute atomic E-state index is 12.0. The number of hydrogen-bond donors (Lipinski definition) is 2. The molecule has 4 heteroatoms. The lowest BCUT2D eigenvalue weighted by Crippen LogP contribution is -3.14. The molecule has 0 spiro atoms. The van der Waals surface area contributed by atoms with E-state index in [0.717, 1.165) is 19.0 Å². The third-order valence-electron chi connectivity index (χ3n) is 4.60. The smallest absolute Gasteiger partial charge is 0.257 e. The number of nitrogens with one attached hydrogen (secondary N) is 2. The fourth-order valence-corrected chi connectivity index (χ4v) is 3.22. The second-order valence-electron chi connectivity index (χ2n) is 6.31. The number of benzene rings is 1. The molecule has 0 radical (unpaired) electrons. The Morgan fingerprint density at radius 2 is 1.91 bits per heavy atom. The Balaban J connectivity index is 1.40. The number of pyridine rings is 1. The second-order valence-corrected chi connectivity index (χ2v) is 6.31. The first-order chi connectivity index (χ1) is 11.3. The molecule has 0 unspecified atom stereocenters. The number of carbonyl (C=O) groups excluding carboxylic acids is 1. The zero-order valence-corrected chi connectivity index (χ0v) is 13.4. The van der Waals surface area contributed by atoms with Gasteiger partial charge in [-0.05, 0) is 42.9 Å². The number of likely N-dealkylation sites (tertiary alicyclic amines) is 1. The lowest BCUT2D eigenvalue weighted by molar-refractivity contribution is -0.908. The molecule has 0 aliphatic carbocycles. The van der Waals surface area contributed by atoms with Crippen LogP contribution >= 0.6 is 0 Å². The lowest BCUT2D eigenvalue weighted by Gasteiger charge is -2.29. The Labute approximate surface area is 137 Å². The molecule has 4 nitrogen and oxygen atoms in total. The van der Waals surface area contributed by atoms with Crippen LogP contribution in [0.4, 0.5) is 0 Å². The van der Waals surface area contributed by atoms with E-state index < -0.39 is 0 Å². The van der Waals surface area contributed by atoms with Gasteiger partial charge in [-0.2, -0.15) is 0 Å². The van der Waals surface area contributed by atoms with Crippen molar-refractivity contribution in [2.75, 3.05) is 19.8 Å². The molecule has 1 aromatic carbocycles. The van der Waals surface area contributed by atoms with Crippen LogP contribution < -0.4 is 10.2 Å². The van der Waals surface area contributed by atoms with E-state index in [4.69, 9.17) is 0 Å². The molecular formula is C19H24N3O+. The third kappa shape index (κ3) is 4.63. The number of carbonyl (C=O) groups is 1. The lowest BCUT2D eigenvalue weighted by atomic mass is 9.90. The molecule has 0 bridgehead atoms. The van der Waals surface area contributed by atoms with Gasteiger partial charge in [-0.1, -0.05) is 30.3 Å². The predicted molar refractivity (Wildman–Crippen MR) is 90.1 cm³/mol. The van der Waals surface area contributed by atoms with Crippen molar-refractivity contribution in [2.24, 2.45) is 5.92 Å². The summed E-state index contributed by atoms with van der Waals surface area (Å²) in [6, 6.07) is 14.3. The SMILES string of the molecule is O=C(NC[NH+]1CCC(Cc2ccccc2)CC1)c1cccnc1. The Morgan fingerprint density at radius 1 is 1.13 bits per heavy atom. The molecular weight excluding hydrogens is 286 g/mol. The average molecular weight is 310 g/mol. The number of amides is 1. The largest absolute Gasteiger partial charge is 0.318 e. The van der Waals surface area contributed by atoms with E-state index in [9.17, 15) is 4.79 Å². The van der Waals surface area contributed by atoms with Gasteiger partial charge < -0.3 is 10.2 Å². The molecule has 2 heterocycles. The highest BCUT2D eigenvalue weighted by atomic mass is 16.1. The van der Waals surface area contributed by atoms with E-state index in [0.29, 0.717) is 12.2 Å². The van der Waals surface area contributed by atoms with Gasteiger partial charge in [0.1, 0.15) is 0 Å². The van der Waals surface area contributed by atoms with Crippen LogP contribution in [0, 0.1) is 5.92 Å². The van der Waals surface area contributed by atoms with Crippen molar-refractivity contribution in [1.82, 2.24) is 10.3 Å². The van der Waals surface area contributed by atoms with Crippen LogP contribution in [-0.4, -0.2) is 30.6 Å².